The predicted molar refractivity (Wildman–Crippen MR) is 157 cm³/mol. The lowest BCUT2D eigenvalue weighted by Crippen LogP contribution is -2.49. The van der Waals surface area contributed by atoms with Crippen LogP contribution >= 0.6 is 11.6 Å². The van der Waals surface area contributed by atoms with Crippen LogP contribution in [0, 0.1) is 5.92 Å². The van der Waals surface area contributed by atoms with Gasteiger partial charge in [0, 0.05) is 42.2 Å². The molecule has 3 aromatic rings. The summed E-state index contributed by atoms with van der Waals surface area (Å²) in [5.41, 5.74) is 1.90. The number of fused-ring (bicyclic) bond motifs is 1. The second-order valence-corrected chi connectivity index (χ2v) is 11.3. The number of carbonyl (C=O) groups excluding carboxylic acids is 2. The molecule has 6 heteroatoms. The molecule has 1 aliphatic rings. The molecule has 1 heterocycles. The van der Waals surface area contributed by atoms with Crippen molar-refractivity contribution in [2.75, 3.05) is 19.6 Å². The number of amides is 2. The summed E-state index contributed by atoms with van der Waals surface area (Å²) in [6, 6.07) is 21.6. The SMILES string of the molecule is CCC(CN1CC[C@@H](CNC(=O)c2ccc3cc(Cl)ccc3c2)N[C@@H](CCC(C)C)C1=O)c1ccccc1. The van der Waals surface area contributed by atoms with Crippen molar-refractivity contribution in [1.82, 2.24) is 15.5 Å². The number of halogens is 1. The molecule has 1 fully saturated rings. The summed E-state index contributed by atoms with van der Waals surface area (Å²) in [6.45, 7) is 8.46. The molecule has 0 saturated carbocycles. The van der Waals surface area contributed by atoms with Gasteiger partial charge in [-0.15, -0.1) is 0 Å². The zero-order chi connectivity index (χ0) is 27.1. The monoisotopic (exact) mass is 533 g/mol. The van der Waals surface area contributed by atoms with E-state index in [1.165, 1.54) is 5.56 Å². The fourth-order valence-electron chi connectivity index (χ4n) is 5.27. The van der Waals surface area contributed by atoms with Crippen molar-refractivity contribution in [1.29, 1.82) is 0 Å². The van der Waals surface area contributed by atoms with Crippen molar-refractivity contribution in [2.45, 2.75) is 64.5 Å². The van der Waals surface area contributed by atoms with Crippen LogP contribution in [0.4, 0.5) is 0 Å². The quantitative estimate of drug-likeness (QED) is 0.316. The van der Waals surface area contributed by atoms with Crippen molar-refractivity contribution >= 4 is 34.2 Å². The van der Waals surface area contributed by atoms with E-state index in [2.05, 4.69) is 60.6 Å². The van der Waals surface area contributed by atoms with E-state index in [0.717, 1.165) is 43.0 Å². The Balaban J connectivity index is 1.43. The van der Waals surface area contributed by atoms with Crippen LogP contribution in [0.5, 0.6) is 0 Å². The second kappa shape index (κ2) is 13.3. The van der Waals surface area contributed by atoms with Gasteiger partial charge in [-0.3, -0.25) is 9.59 Å². The van der Waals surface area contributed by atoms with Crippen molar-refractivity contribution < 1.29 is 9.59 Å². The Morgan fingerprint density at radius 1 is 1.08 bits per heavy atom. The first-order chi connectivity index (χ1) is 18.3. The standard InChI is InChI=1S/C32H40ClN3O2/c1-4-23(24-8-6-5-7-9-24)21-36-17-16-29(35-30(32(36)38)15-10-22(2)3)20-34-31(37)27-12-11-26-19-28(33)14-13-25(26)18-27/h5-9,11-14,18-19,22-23,29-30,35H,4,10,15-17,20-21H2,1-3H3,(H,34,37)/t23?,29-,30-/m0/s1. The molecule has 0 aromatic heterocycles. The zero-order valence-electron chi connectivity index (χ0n) is 22.8. The Morgan fingerprint density at radius 3 is 2.55 bits per heavy atom. The van der Waals surface area contributed by atoms with Crippen molar-refractivity contribution in [3.05, 3.63) is 82.9 Å². The van der Waals surface area contributed by atoms with Gasteiger partial charge in [0.25, 0.3) is 5.91 Å². The highest BCUT2D eigenvalue weighted by atomic mass is 35.5. The number of hydrogen-bond donors (Lipinski definition) is 2. The molecular weight excluding hydrogens is 494 g/mol. The van der Waals surface area contributed by atoms with Gasteiger partial charge in [-0.2, -0.15) is 0 Å². The smallest absolute Gasteiger partial charge is 0.251 e. The molecular formula is C32H40ClN3O2. The van der Waals surface area contributed by atoms with E-state index in [4.69, 9.17) is 11.6 Å². The number of nitrogens with zero attached hydrogens (tertiary/aromatic N) is 1. The molecule has 1 aliphatic heterocycles. The molecule has 0 aliphatic carbocycles. The zero-order valence-corrected chi connectivity index (χ0v) is 23.5. The van der Waals surface area contributed by atoms with E-state index in [9.17, 15) is 9.59 Å². The van der Waals surface area contributed by atoms with E-state index in [0.29, 0.717) is 35.5 Å². The largest absolute Gasteiger partial charge is 0.350 e. The van der Waals surface area contributed by atoms with Gasteiger partial charge in [-0.05, 0) is 72.2 Å². The van der Waals surface area contributed by atoms with Crippen molar-refractivity contribution in [2.24, 2.45) is 5.92 Å². The Labute approximate surface area is 231 Å². The minimum absolute atomic E-state index is 0.0288. The molecule has 3 aromatic carbocycles. The second-order valence-electron chi connectivity index (χ2n) is 10.9. The van der Waals surface area contributed by atoms with Gasteiger partial charge >= 0.3 is 0 Å². The normalized spacial score (nSPS) is 19.0. The average molecular weight is 534 g/mol. The summed E-state index contributed by atoms with van der Waals surface area (Å²) in [5.74, 6) is 0.909. The molecule has 1 unspecified atom stereocenters. The van der Waals surface area contributed by atoms with Gasteiger partial charge in [0.2, 0.25) is 5.91 Å². The van der Waals surface area contributed by atoms with Gasteiger partial charge in [-0.1, -0.05) is 74.8 Å². The van der Waals surface area contributed by atoms with E-state index >= 15 is 0 Å². The molecule has 4 rings (SSSR count). The summed E-state index contributed by atoms with van der Waals surface area (Å²) in [4.78, 5) is 28.7. The van der Waals surface area contributed by atoms with Gasteiger partial charge in [-0.25, -0.2) is 0 Å². The fourth-order valence-corrected chi connectivity index (χ4v) is 5.45. The molecule has 1 saturated heterocycles. The van der Waals surface area contributed by atoms with Crippen LogP contribution in [0.2, 0.25) is 5.02 Å². The molecule has 38 heavy (non-hydrogen) atoms. The molecule has 0 radical (unpaired) electrons. The number of rotatable bonds is 10. The van der Waals surface area contributed by atoms with Crippen LogP contribution in [0.3, 0.4) is 0 Å². The van der Waals surface area contributed by atoms with Crippen LogP contribution in [-0.4, -0.2) is 48.4 Å². The van der Waals surface area contributed by atoms with E-state index < -0.39 is 0 Å². The number of nitrogens with one attached hydrogen (secondary N) is 2. The minimum atomic E-state index is -0.236. The van der Waals surface area contributed by atoms with Crippen molar-refractivity contribution in [3.8, 4) is 0 Å². The third-order valence-corrected chi connectivity index (χ3v) is 7.84. The Morgan fingerprint density at radius 2 is 1.82 bits per heavy atom. The number of benzene rings is 3. The molecule has 202 valence electrons. The van der Waals surface area contributed by atoms with Gasteiger partial charge < -0.3 is 15.5 Å². The molecule has 0 spiro atoms. The first-order valence-corrected chi connectivity index (χ1v) is 14.3. The summed E-state index contributed by atoms with van der Waals surface area (Å²) in [7, 11) is 0. The topological polar surface area (TPSA) is 61.4 Å². The molecule has 2 amide bonds. The predicted octanol–water partition coefficient (Wildman–Crippen LogP) is 6.41. The van der Waals surface area contributed by atoms with Crippen molar-refractivity contribution in [3.63, 3.8) is 0 Å². The summed E-state index contributed by atoms with van der Waals surface area (Å²) in [6.07, 6.45) is 3.56. The third kappa shape index (κ3) is 7.36. The van der Waals surface area contributed by atoms with Crippen LogP contribution in [0.15, 0.2) is 66.7 Å². The maximum absolute atomic E-state index is 13.7. The highest BCUT2D eigenvalue weighted by Gasteiger charge is 2.32. The Bertz CT molecular complexity index is 1230. The molecule has 0 bridgehead atoms. The Kier molecular flexibility index (Phi) is 9.81. The lowest BCUT2D eigenvalue weighted by atomic mass is 9.95. The van der Waals surface area contributed by atoms with E-state index in [-0.39, 0.29) is 23.9 Å². The lowest BCUT2D eigenvalue weighted by Gasteiger charge is -2.29. The summed E-state index contributed by atoms with van der Waals surface area (Å²) < 4.78 is 0. The summed E-state index contributed by atoms with van der Waals surface area (Å²) >= 11 is 6.10. The van der Waals surface area contributed by atoms with Gasteiger partial charge in [0.05, 0.1) is 6.04 Å². The maximum Gasteiger partial charge on any atom is 0.251 e. The van der Waals surface area contributed by atoms with Crippen LogP contribution in [0.1, 0.15) is 68.3 Å². The molecule has 3 atom stereocenters. The molecule has 2 N–H and O–H groups in total. The average Bonchev–Trinajstić information content (AvgIpc) is 3.07. The van der Waals surface area contributed by atoms with Crippen LogP contribution in [0.25, 0.3) is 10.8 Å². The van der Waals surface area contributed by atoms with Gasteiger partial charge in [0.15, 0.2) is 0 Å². The minimum Gasteiger partial charge on any atom is -0.350 e. The van der Waals surface area contributed by atoms with E-state index in [1.54, 1.807) is 0 Å². The maximum atomic E-state index is 13.7. The molecule has 5 nitrogen and oxygen atoms in total. The van der Waals surface area contributed by atoms with Crippen LogP contribution in [-0.2, 0) is 4.79 Å². The van der Waals surface area contributed by atoms with Crippen LogP contribution < -0.4 is 10.6 Å². The summed E-state index contributed by atoms with van der Waals surface area (Å²) in [5, 5.41) is 9.38. The highest BCUT2D eigenvalue weighted by molar-refractivity contribution is 6.31. The number of hydrogen-bond acceptors (Lipinski definition) is 3. The van der Waals surface area contributed by atoms with E-state index in [1.807, 2.05) is 42.5 Å². The first kappa shape index (κ1) is 28.1. The van der Waals surface area contributed by atoms with Gasteiger partial charge in [0.1, 0.15) is 0 Å². The lowest BCUT2D eigenvalue weighted by molar-refractivity contribution is -0.133. The Hall–Kier alpha value is -2.89. The third-order valence-electron chi connectivity index (χ3n) is 7.60. The first-order valence-electron chi connectivity index (χ1n) is 13.9. The number of carbonyl (C=O) groups is 2. The fraction of sp³-hybridized carbons (Fsp3) is 0.438. The highest BCUT2D eigenvalue weighted by Crippen LogP contribution is 2.24.